The third-order valence-electron chi connectivity index (χ3n) is 3.10. The zero-order chi connectivity index (χ0) is 15.4. The van der Waals surface area contributed by atoms with E-state index in [9.17, 15) is 4.79 Å². The molecule has 2 aromatic carbocycles. The summed E-state index contributed by atoms with van der Waals surface area (Å²) < 4.78 is 10.9. The van der Waals surface area contributed by atoms with Crippen LogP contribution in [0.3, 0.4) is 0 Å². The molecule has 2 rings (SSSR count). The Hall–Kier alpha value is -2.49. The Bertz CT molecular complexity index is 642. The van der Waals surface area contributed by atoms with E-state index in [0.717, 1.165) is 22.4 Å². The fourth-order valence-electron chi connectivity index (χ4n) is 2.18. The zero-order valence-corrected chi connectivity index (χ0v) is 12.3. The Balaban J connectivity index is 2.14. The maximum absolute atomic E-state index is 11.0. The van der Waals surface area contributed by atoms with Gasteiger partial charge < -0.3 is 14.6 Å². The summed E-state index contributed by atoms with van der Waals surface area (Å²) >= 11 is 0. The third kappa shape index (κ3) is 3.75. The number of carboxylic acids is 1. The summed E-state index contributed by atoms with van der Waals surface area (Å²) in [7, 11) is 1.45. The van der Waals surface area contributed by atoms with E-state index in [1.165, 1.54) is 13.2 Å². The lowest BCUT2D eigenvalue weighted by molar-refractivity contribution is 0.0693. The first kappa shape index (κ1) is 14.9. The van der Waals surface area contributed by atoms with Crippen molar-refractivity contribution in [3.8, 4) is 11.5 Å². The molecule has 21 heavy (non-hydrogen) atoms. The maximum atomic E-state index is 11.0. The lowest BCUT2D eigenvalue weighted by Crippen LogP contribution is -2.03. The first-order valence-electron chi connectivity index (χ1n) is 6.61. The van der Waals surface area contributed by atoms with Gasteiger partial charge in [-0.25, -0.2) is 4.79 Å². The minimum Gasteiger partial charge on any atom is -0.496 e. The summed E-state index contributed by atoms with van der Waals surface area (Å²) in [5.41, 5.74) is 3.29. The largest absolute Gasteiger partial charge is 0.496 e. The van der Waals surface area contributed by atoms with E-state index in [2.05, 4.69) is 6.07 Å². The Morgan fingerprint density at radius 1 is 1.10 bits per heavy atom. The number of hydrogen-bond acceptors (Lipinski definition) is 3. The van der Waals surface area contributed by atoms with Gasteiger partial charge in [0.05, 0.1) is 7.11 Å². The van der Waals surface area contributed by atoms with Crippen LogP contribution in [-0.2, 0) is 6.61 Å². The predicted molar refractivity (Wildman–Crippen MR) is 80.2 cm³/mol. The van der Waals surface area contributed by atoms with Crippen molar-refractivity contribution in [1.29, 1.82) is 0 Å². The van der Waals surface area contributed by atoms with Gasteiger partial charge in [-0.15, -0.1) is 0 Å². The first-order valence-corrected chi connectivity index (χ1v) is 6.61. The lowest BCUT2D eigenvalue weighted by atomic mass is 10.1. The highest BCUT2D eigenvalue weighted by Gasteiger charge is 2.11. The van der Waals surface area contributed by atoms with Crippen LogP contribution in [0.15, 0.2) is 36.4 Å². The number of methoxy groups -OCH3 is 1. The van der Waals surface area contributed by atoms with Gasteiger partial charge in [0.2, 0.25) is 0 Å². The van der Waals surface area contributed by atoms with Crippen molar-refractivity contribution in [3.63, 3.8) is 0 Å². The standard InChI is InChI=1S/C17H18O4/c1-11-6-12(2)8-14(7-11)21-10-13-4-5-15(17(18)19)16(9-13)20-3/h4-9H,10H2,1-3H3,(H,18,19). The van der Waals surface area contributed by atoms with Crippen LogP contribution in [0.5, 0.6) is 11.5 Å². The molecule has 0 amide bonds. The number of aromatic carboxylic acids is 1. The van der Waals surface area contributed by atoms with Crippen LogP contribution in [0.2, 0.25) is 0 Å². The minimum absolute atomic E-state index is 0.146. The zero-order valence-electron chi connectivity index (χ0n) is 12.3. The van der Waals surface area contributed by atoms with Crippen LogP contribution in [0.25, 0.3) is 0 Å². The van der Waals surface area contributed by atoms with Gasteiger partial charge in [-0.1, -0.05) is 12.1 Å². The highest BCUT2D eigenvalue weighted by molar-refractivity contribution is 5.90. The molecule has 4 nitrogen and oxygen atoms in total. The summed E-state index contributed by atoms with van der Waals surface area (Å²) in [5.74, 6) is 0.131. The average molecular weight is 286 g/mol. The Morgan fingerprint density at radius 3 is 2.33 bits per heavy atom. The van der Waals surface area contributed by atoms with Crippen molar-refractivity contribution >= 4 is 5.97 Å². The molecule has 0 aromatic heterocycles. The normalized spacial score (nSPS) is 10.2. The topological polar surface area (TPSA) is 55.8 Å². The van der Waals surface area contributed by atoms with Gasteiger partial charge in [0.1, 0.15) is 23.7 Å². The summed E-state index contributed by atoms with van der Waals surface area (Å²) in [5, 5.41) is 9.05. The van der Waals surface area contributed by atoms with Crippen LogP contribution in [-0.4, -0.2) is 18.2 Å². The molecule has 4 heteroatoms. The Morgan fingerprint density at radius 2 is 1.76 bits per heavy atom. The van der Waals surface area contributed by atoms with Crippen molar-refractivity contribution in [1.82, 2.24) is 0 Å². The monoisotopic (exact) mass is 286 g/mol. The molecule has 0 radical (unpaired) electrons. The van der Waals surface area contributed by atoms with E-state index in [-0.39, 0.29) is 5.56 Å². The van der Waals surface area contributed by atoms with E-state index < -0.39 is 5.97 Å². The van der Waals surface area contributed by atoms with Crippen LogP contribution >= 0.6 is 0 Å². The number of aryl methyl sites for hydroxylation is 2. The molecule has 0 saturated carbocycles. The SMILES string of the molecule is COc1cc(COc2cc(C)cc(C)c2)ccc1C(=O)O. The Labute approximate surface area is 123 Å². The van der Waals surface area contributed by atoms with E-state index >= 15 is 0 Å². The van der Waals surface area contributed by atoms with Gasteiger partial charge in [0, 0.05) is 0 Å². The molecule has 0 atom stereocenters. The molecule has 0 aliphatic carbocycles. The third-order valence-corrected chi connectivity index (χ3v) is 3.10. The van der Waals surface area contributed by atoms with E-state index in [0.29, 0.717) is 12.4 Å². The van der Waals surface area contributed by atoms with Crippen molar-refractivity contribution in [2.45, 2.75) is 20.5 Å². The predicted octanol–water partition coefficient (Wildman–Crippen LogP) is 3.59. The molecule has 0 aliphatic rings. The quantitative estimate of drug-likeness (QED) is 0.912. The summed E-state index contributed by atoms with van der Waals surface area (Å²) in [4.78, 5) is 11.0. The molecule has 0 unspecified atom stereocenters. The molecular weight excluding hydrogens is 268 g/mol. The van der Waals surface area contributed by atoms with Crippen molar-refractivity contribution in [2.75, 3.05) is 7.11 Å². The smallest absolute Gasteiger partial charge is 0.339 e. The Kier molecular flexibility index (Phi) is 4.48. The van der Waals surface area contributed by atoms with Crippen LogP contribution in [0, 0.1) is 13.8 Å². The van der Waals surface area contributed by atoms with Crippen molar-refractivity contribution in [2.24, 2.45) is 0 Å². The molecule has 0 saturated heterocycles. The molecule has 110 valence electrons. The van der Waals surface area contributed by atoms with Crippen molar-refractivity contribution in [3.05, 3.63) is 58.7 Å². The van der Waals surface area contributed by atoms with Gasteiger partial charge >= 0.3 is 5.97 Å². The number of carbonyl (C=O) groups is 1. The van der Waals surface area contributed by atoms with Crippen LogP contribution in [0.1, 0.15) is 27.0 Å². The number of ether oxygens (including phenoxy) is 2. The molecule has 0 heterocycles. The second-order valence-corrected chi connectivity index (χ2v) is 4.95. The molecular formula is C17H18O4. The number of benzene rings is 2. The molecule has 1 N–H and O–H groups in total. The van der Waals surface area contributed by atoms with Gasteiger partial charge in [-0.05, 0) is 54.8 Å². The van der Waals surface area contributed by atoms with Crippen LogP contribution in [0.4, 0.5) is 0 Å². The van der Waals surface area contributed by atoms with E-state index in [1.807, 2.05) is 26.0 Å². The fourth-order valence-corrected chi connectivity index (χ4v) is 2.18. The lowest BCUT2D eigenvalue weighted by Gasteiger charge is -2.10. The number of carboxylic acid groups (broad SMARTS) is 1. The molecule has 2 aromatic rings. The molecule has 0 aliphatic heterocycles. The maximum Gasteiger partial charge on any atom is 0.339 e. The molecule has 0 bridgehead atoms. The second kappa shape index (κ2) is 6.31. The van der Waals surface area contributed by atoms with E-state index in [1.54, 1.807) is 12.1 Å². The number of rotatable bonds is 5. The highest BCUT2D eigenvalue weighted by Crippen LogP contribution is 2.22. The van der Waals surface area contributed by atoms with Crippen molar-refractivity contribution < 1.29 is 19.4 Å². The van der Waals surface area contributed by atoms with Gasteiger partial charge in [0.15, 0.2) is 0 Å². The highest BCUT2D eigenvalue weighted by atomic mass is 16.5. The van der Waals surface area contributed by atoms with Gasteiger partial charge in [0.25, 0.3) is 0 Å². The summed E-state index contributed by atoms with van der Waals surface area (Å²) in [6, 6.07) is 11.0. The first-order chi connectivity index (χ1) is 9.99. The fraction of sp³-hybridized carbons (Fsp3) is 0.235. The molecule has 0 fully saturated rings. The number of hydrogen-bond donors (Lipinski definition) is 1. The van der Waals surface area contributed by atoms with Gasteiger partial charge in [-0.3, -0.25) is 0 Å². The van der Waals surface area contributed by atoms with Gasteiger partial charge in [-0.2, -0.15) is 0 Å². The second-order valence-electron chi connectivity index (χ2n) is 4.95. The molecule has 0 spiro atoms. The van der Waals surface area contributed by atoms with E-state index in [4.69, 9.17) is 14.6 Å². The average Bonchev–Trinajstić information content (AvgIpc) is 2.43. The minimum atomic E-state index is -1.01. The summed E-state index contributed by atoms with van der Waals surface area (Å²) in [6.07, 6.45) is 0. The van der Waals surface area contributed by atoms with Crippen LogP contribution < -0.4 is 9.47 Å². The summed E-state index contributed by atoms with van der Waals surface area (Å²) in [6.45, 7) is 4.40.